The van der Waals surface area contributed by atoms with E-state index in [-0.39, 0.29) is 5.75 Å². The standard InChI is InChI=1S/C13H17Br2NO/c1-8-5-16(6-9(8)2)7-10-3-11(14)13(17)12(15)4-10/h3-4,8-9,17H,5-7H2,1-2H3. The Morgan fingerprint density at radius 3 is 2.12 bits per heavy atom. The number of benzene rings is 1. The maximum absolute atomic E-state index is 9.67. The molecule has 1 aromatic carbocycles. The number of rotatable bonds is 2. The summed E-state index contributed by atoms with van der Waals surface area (Å²) < 4.78 is 1.50. The highest BCUT2D eigenvalue weighted by molar-refractivity contribution is 9.11. The molecule has 2 rings (SSSR count). The molecule has 1 fully saturated rings. The van der Waals surface area contributed by atoms with Gasteiger partial charge in [0.25, 0.3) is 0 Å². The summed E-state index contributed by atoms with van der Waals surface area (Å²) in [5, 5.41) is 9.67. The van der Waals surface area contributed by atoms with Gasteiger partial charge in [0.1, 0.15) is 5.75 Å². The first-order chi connectivity index (χ1) is 7.97. The maximum Gasteiger partial charge on any atom is 0.143 e. The van der Waals surface area contributed by atoms with Crippen LogP contribution in [0.1, 0.15) is 19.4 Å². The molecule has 1 aliphatic rings. The van der Waals surface area contributed by atoms with Crippen molar-refractivity contribution < 1.29 is 5.11 Å². The zero-order valence-electron chi connectivity index (χ0n) is 10.1. The molecule has 1 N–H and O–H groups in total. The van der Waals surface area contributed by atoms with E-state index in [4.69, 9.17) is 0 Å². The third-order valence-electron chi connectivity index (χ3n) is 3.55. The van der Waals surface area contributed by atoms with E-state index in [1.807, 2.05) is 12.1 Å². The van der Waals surface area contributed by atoms with Gasteiger partial charge in [0.2, 0.25) is 0 Å². The molecule has 1 aliphatic heterocycles. The largest absolute Gasteiger partial charge is 0.506 e. The van der Waals surface area contributed by atoms with Crippen molar-refractivity contribution in [2.45, 2.75) is 20.4 Å². The van der Waals surface area contributed by atoms with Crippen LogP contribution in [0.15, 0.2) is 21.1 Å². The minimum absolute atomic E-state index is 0.275. The molecule has 0 radical (unpaired) electrons. The summed E-state index contributed by atoms with van der Waals surface area (Å²) in [5.41, 5.74) is 1.22. The molecule has 0 spiro atoms. The fourth-order valence-electron chi connectivity index (χ4n) is 2.35. The molecule has 1 saturated heterocycles. The highest BCUT2D eigenvalue weighted by atomic mass is 79.9. The van der Waals surface area contributed by atoms with Crippen LogP contribution in [0.25, 0.3) is 0 Å². The highest BCUT2D eigenvalue weighted by Crippen LogP contribution is 2.34. The van der Waals surface area contributed by atoms with Gasteiger partial charge in [0.05, 0.1) is 8.95 Å². The fourth-order valence-corrected chi connectivity index (χ4v) is 3.63. The number of halogens is 2. The van der Waals surface area contributed by atoms with E-state index in [1.54, 1.807) is 0 Å². The summed E-state index contributed by atoms with van der Waals surface area (Å²) in [7, 11) is 0. The summed E-state index contributed by atoms with van der Waals surface area (Å²) in [6, 6.07) is 3.99. The molecule has 2 nitrogen and oxygen atoms in total. The van der Waals surface area contributed by atoms with Crippen LogP contribution in [0.4, 0.5) is 0 Å². The van der Waals surface area contributed by atoms with Gasteiger partial charge in [0.15, 0.2) is 0 Å². The lowest BCUT2D eigenvalue weighted by Crippen LogP contribution is -2.20. The van der Waals surface area contributed by atoms with Gasteiger partial charge < -0.3 is 5.11 Å². The van der Waals surface area contributed by atoms with E-state index in [1.165, 1.54) is 5.56 Å². The first-order valence-corrected chi connectivity index (χ1v) is 7.45. The quantitative estimate of drug-likeness (QED) is 0.859. The lowest BCUT2D eigenvalue weighted by molar-refractivity contribution is 0.316. The molecule has 0 saturated carbocycles. The van der Waals surface area contributed by atoms with E-state index in [0.717, 1.165) is 40.4 Å². The van der Waals surface area contributed by atoms with E-state index in [9.17, 15) is 5.11 Å². The van der Waals surface area contributed by atoms with Gasteiger partial charge in [-0.2, -0.15) is 0 Å². The molecule has 0 amide bonds. The number of likely N-dealkylation sites (tertiary alicyclic amines) is 1. The fraction of sp³-hybridized carbons (Fsp3) is 0.538. The van der Waals surface area contributed by atoms with Crippen LogP contribution in [0.3, 0.4) is 0 Å². The molecule has 1 heterocycles. The Bertz CT molecular complexity index is 389. The number of hydrogen-bond donors (Lipinski definition) is 1. The first-order valence-electron chi connectivity index (χ1n) is 5.86. The van der Waals surface area contributed by atoms with Crippen molar-refractivity contribution >= 4 is 31.9 Å². The van der Waals surface area contributed by atoms with Crippen molar-refractivity contribution in [1.29, 1.82) is 0 Å². The second-order valence-electron chi connectivity index (χ2n) is 5.06. The molecule has 1 aromatic rings. The molecule has 94 valence electrons. The number of nitrogens with zero attached hydrogens (tertiary/aromatic N) is 1. The Labute approximate surface area is 119 Å². The van der Waals surface area contributed by atoms with Crippen LogP contribution in [-0.2, 0) is 6.54 Å². The Morgan fingerprint density at radius 2 is 1.65 bits per heavy atom. The van der Waals surface area contributed by atoms with E-state index in [0.29, 0.717) is 0 Å². The molecule has 17 heavy (non-hydrogen) atoms. The zero-order valence-corrected chi connectivity index (χ0v) is 13.3. The molecule has 0 aromatic heterocycles. The Balaban J connectivity index is 2.10. The van der Waals surface area contributed by atoms with Crippen molar-refractivity contribution in [3.8, 4) is 5.75 Å². The van der Waals surface area contributed by atoms with Crippen molar-refractivity contribution in [1.82, 2.24) is 4.90 Å². The van der Waals surface area contributed by atoms with Gasteiger partial charge >= 0.3 is 0 Å². The average Bonchev–Trinajstić information content (AvgIpc) is 2.54. The van der Waals surface area contributed by atoms with Gasteiger partial charge in [-0.3, -0.25) is 4.90 Å². The summed E-state index contributed by atoms with van der Waals surface area (Å²) in [6.45, 7) is 7.90. The van der Waals surface area contributed by atoms with Crippen LogP contribution >= 0.6 is 31.9 Å². The number of phenols is 1. The summed E-state index contributed by atoms with van der Waals surface area (Å²) in [4.78, 5) is 2.47. The molecule has 2 atom stereocenters. The Kier molecular flexibility index (Phi) is 4.16. The monoisotopic (exact) mass is 361 g/mol. The molecule has 2 unspecified atom stereocenters. The zero-order chi connectivity index (χ0) is 12.6. The number of hydrogen-bond acceptors (Lipinski definition) is 2. The highest BCUT2D eigenvalue weighted by Gasteiger charge is 2.25. The third-order valence-corrected chi connectivity index (χ3v) is 4.76. The summed E-state index contributed by atoms with van der Waals surface area (Å²) in [6.07, 6.45) is 0. The lowest BCUT2D eigenvalue weighted by atomic mass is 10.0. The number of phenolic OH excluding ortho intramolecular Hbond substituents is 1. The van der Waals surface area contributed by atoms with Crippen molar-refractivity contribution in [3.05, 3.63) is 26.6 Å². The molecular formula is C13H17Br2NO. The van der Waals surface area contributed by atoms with Crippen LogP contribution in [-0.4, -0.2) is 23.1 Å². The SMILES string of the molecule is CC1CN(Cc2cc(Br)c(O)c(Br)c2)CC1C. The smallest absolute Gasteiger partial charge is 0.143 e. The van der Waals surface area contributed by atoms with E-state index >= 15 is 0 Å². The van der Waals surface area contributed by atoms with Crippen LogP contribution in [0, 0.1) is 11.8 Å². The molecule has 0 bridgehead atoms. The van der Waals surface area contributed by atoms with Gasteiger partial charge in [0, 0.05) is 19.6 Å². The van der Waals surface area contributed by atoms with Gasteiger partial charge in [-0.25, -0.2) is 0 Å². The second-order valence-corrected chi connectivity index (χ2v) is 6.77. The van der Waals surface area contributed by atoms with Crippen molar-refractivity contribution in [2.24, 2.45) is 11.8 Å². The van der Waals surface area contributed by atoms with Gasteiger partial charge in [-0.15, -0.1) is 0 Å². The molecule has 4 heteroatoms. The second kappa shape index (κ2) is 5.29. The first kappa shape index (κ1) is 13.4. The van der Waals surface area contributed by atoms with Crippen LogP contribution < -0.4 is 0 Å². The van der Waals surface area contributed by atoms with Crippen LogP contribution in [0.2, 0.25) is 0 Å². The Hall–Kier alpha value is -0.0600. The Morgan fingerprint density at radius 1 is 1.18 bits per heavy atom. The third kappa shape index (κ3) is 3.04. The number of aromatic hydroxyl groups is 1. The minimum Gasteiger partial charge on any atom is -0.506 e. The average molecular weight is 363 g/mol. The van der Waals surface area contributed by atoms with Gasteiger partial charge in [-0.05, 0) is 61.4 Å². The van der Waals surface area contributed by atoms with E-state index in [2.05, 4.69) is 50.6 Å². The maximum atomic E-state index is 9.67. The normalized spacial score (nSPS) is 25.4. The predicted molar refractivity (Wildman–Crippen MR) is 77.1 cm³/mol. The summed E-state index contributed by atoms with van der Waals surface area (Å²) >= 11 is 6.74. The summed E-state index contributed by atoms with van der Waals surface area (Å²) in [5.74, 6) is 1.83. The van der Waals surface area contributed by atoms with Crippen LogP contribution in [0.5, 0.6) is 5.75 Å². The van der Waals surface area contributed by atoms with E-state index < -0.39 is 0 Å². The predicted octanol–water partition coefficient (Wildman–Crippen LogP) is 4.01. The van der Waals surface area contributed by atoms with Crippen molar-refractivity contribution in [3.63, 3.8) is 0 Å². The van der Waals surface area contributed by atoms with Crippen molar-refractivity contribution in [2.75, 3.05) is 13.1 Å². The molecule has 0 aliphatic carbocycles. The minimum atomic E-state index is 0.275. The topological polar surface area (TPSA) is 23.5 Å². The van der Waals surface area contributed by atoms with Gasteiger partial charge in [-0.1, -0.05) is 13.8 Å². The molecular weight excluding hydrogens is 346 g/mol. The lowest BCUT2D eigenvalue weighted by Gasteiger charge is -2.16.